The number of amides is 2. The lowest BCUT2D eigenvalue weighted by Crippen LogP contribution is -2.68. The summed E-state index contributed by atoms with van der Waals surface area (Å²) < 4.78 is 0. The number of carbonyl (C=O) groups excluding carboxylic acids is 2. The Morgan fingerprint density at radius 3 is 2.40 bits per heavy atom. The Kier molecular flexibility index (Phi) is 3.37. The first-order valence-electron chi connectivity index (χ1n) is 5.57. The molecule has 86 valence electrons. The summed E-state index contributed by atoms with van der Waals surface area (Å²) in [7, 11) is 0. The molecule has 1 unspecified atom stereocenters. The van der Waals surface area contributed by atoms with E-state index in [2.05, 4.69) is 5.32 Å². The average molecular weight is 212 g/mol. The Morgan fingerprint density at radius 1 is 1.33 bits per heavy atom. The van der Waals surface area contributed by atoms with Gasteiger partial charge in [0.1, 0.15) is 11.6 Å². The zero-order valence-corrected chi connectivity index (χ0v) is 9.96. The maximum Gasteiger partial charge on any atom is 0.246 e. The highest BCUT2D eigenvalue weighted by atomic mass is 16.2. The molecule has 0 aromatic rings. The molecule has 15 heavy (non-hydrogen) atoms. The van der Waals surface area contributed by atoms with Crippen molar-refractivity contribution in [2.45, 2.75) is 52.1 Å². The van der Waals surface area contributed by atoms with Crippen molar-refractivity contribution in [2.24, 2.45) is 0 Å². The molecule has 1 rings (SSSR count). The van der Waals surface area contributed by atoms with Gasteiger partial charge in [-0.15, -0.1) is 0 Å². The molecule has 0 bridgehead atoms. The van der Waals surface area contributed by atoms with Crippen molar-refractivity contribution in [2.75, 3.05) is 6.54 Å². The minimum Gasteiger partial charge on any atom is -0.342 e. The van der Waals surface area contributed by atoms with Gasteiger partial charge in [-0.2, -0.15) is 0 Å². The summed E-state index contributed by atoms with van der Waals surface area (Å²) >= 11 is 0. The van der Waals surface area contributed by atoms with E-state index in [-0.39, 0.29) is 17.9 Å². The highest BCUT2D eigenvalue weighted by Crippen LogP contribution is 2.21. The van der Waals surface area contributed by atoms with Crippen molar-refractivity contribution >= 4 is 11.8 Å². The van der Waals surface area contributed by atoms with Crippen LogP contribution in [-0.4, -0.2) is 34.8 Å². The van der Waals surface area contributed by atoms with Crippen LogP contribution in [0.15, 0.2) is 0 Å². The summed E-state index contributed by atoms with van der Waals surface area (Å²) in [6, 6.07) is -0.324. The first-order chi connectivity index (χ1) is 6.95. The number of piperazine rings is 1. The van der Waals surface area contributed by atoms with E-state index < -0.39 is 5.54 Å². The van der Waals surface area contributed by atoms with Gasteiger partial charge >= 0.3 is 0 Å². The molecule has 4 nitrogen and oxygen atoms in total. The lowest BCUT2D eigenvalue weighted by atomic mass is 9.94. The molecule has 1 N–H and O–H groups in total. The largest absolute Gasteiger partial charge is 0.342 e. The first kappa shape index (κ1) is 12.0. The predicted octanol–water partition coefficient (Wildman–Crippen LogP) is 0.912. The Labute approximate surface area is 91.0 Å². The van der Waals surface area contributed by atoms with Gasteiger partial charge in [0.2, 0.25) is 11.8 Å². The van der Waals surface area contributed by atoms with Crippen LogP contribution in [0.2, 0.25) is 0 Å². The van der Waals surface area contributed by atoms with E-state index in [0.29, 0.717) is 6.54 Å². The molecule has 0 aromatic carbocycles. The number of nitrogens with zero attached hydrogens (tertiary/aromatic N) is 1. The van der Waals surface area contributed by atoms with E-state index in [4.69, 9.17) is 0 Å². The van der Waals surface area contributed by atoms with Crippen LogP contribution in [-0.2, 0) is 9.59 Å². The topological polar surface area (TPSA) is 49.4 Å². The minimum atomic E-state index is -0.712. The molecule has 1 fully saturated rings. The predicted molar refractivity (Wildman–Crippen MR) is 58.3 cm³/mol. The van der Waals surface area contributed by atoms with Crippen molar-refractivity contribution in [3.63, 3.8) is 0 Å². The smallest absolute Gasteiger partial charge is 0.246 e. The lowest BCUT2D eigenvalue weighted by Gasteiger charge is -2.43. The van der Waals surface area contributed by atoms with Crippen molar-refractivity contribution in [3.05, 3.63) is 0 Å². The van der Waals surface area contributed by atoms with Crippen LogP contribution in [0.5, 0.6) is 0 Å². The van der Waals surface area contributed by atoms with Gasteiger partial charge in [-0.1, -0.05) is 13.3 Å². The van der Waals surface area contributed by atoms with Gasteiger partial charge in [-0.05, 0) is 27.2 Å². The molecule has 1 aliphatic heterocycles. The normalized spacial score (nSPS) is 25.3. The van der Waals surface area contributed by atoms with E-state index in [0.717, 1.165) is 12.8 Å². The number of likely N-dealkylation sites (N-methyl/N-ethyl adjacent to an activating group) is 1. The summed E-state index contributed by atoms with van der Waals surface area (Å²) in [5.41, 5.74) is -0.712. The molecule has 4 heteroatoms. The van der Waals surface area contributed by atoms with Gasteiger partial charge in [0, 0.05) is 6.54 Å². The Hall–Kier alpha value is -1.06. The van der Waals surface area contributed by atoms with Gasteiger partial charge in [-0.3, -0.25) is 9.59 Å². The fourth-order valence-corrected chi connectivity index (χ4v) is 2.02. The van der Waals surface area contributed by atoms with Gasteiger partial charge in [0.05, 0.1) is 0 Å². The highest BCUT2D eigenvalue weighted by Gasteiger charge is 2.44. The van der Waals surface area contributed by atoms with E-state index in [9.17, 15) is 9.59 Å². The van der Waals surface area contributed by atoms with E-state index >= 15 is 0 Å². The minimum absolute atomic E-state index is 0.0453. The molecule has 2 amide bonds. The number of nitrogens with one attached hydrogen (secondary N) is 1. The second-order valence-electron chi connectivity index (χ2n) is 4.46. The summed E-state index contributed by atoms with van der Waals surface area (Å²) in [6.07, 6.45) is 1.62. The molecule has 0 aliphatic carbocycles. The molecular weight excluding hydrogens is 192 g/mol. The van der Waals surface area contributed by atoms with Crippen molar-refractivity contribution in [1.29, 1.82) is 0 Å². The fraction of sp³-hybridized carbons (Fsp3) is 0.818. The van der Waals surface area contributed by atoms with Crippen LogP contribution in [0.25, 0.3) is 0 Å². The number of hydrogen-bond acceptors (Lipinski definition) is 2. The molecule has 1 aliphatic rings. The van der Waals surface area contributed by atoms with E-state index in [1.807, 2.05) is 13.8 Å². The first-order valence-corrected chi connectivity index (χ1v) is 5.57. The van der Waals surface area contributed by atoms with E-state index in [1.54, 1.807) is 18.7 Å². The standard InChI is InChI=1S/C11H20N2O2/c1-5-7-8-9(14)13(6-2)11(3,4)10(15)12-8/h8H,5-7H2,1-4H3,(H,12,15). The molecule has 0 spiro atoms. The number of hydrogen-bond donors (Lipinski definition) is 1. The lowest BCUT2D eigenvalue weighted by molar-refractivity contribution is -0.155. The van der Waals surface area contributed by atoms with Crippen LogP contribution >= 0.6 is 0 Å². The summed E-state index contributed by atoms with van der Waals surface area (Å²) in [6.45, 7) is 8.06. The SMILES string of the molecule is CCCC1NC(=O)C(C)(C)N(CC)C1=O. The average Bonchev–Trinajstić information content (AvgIpc) is 2.15. The van der Waals surface area contributed by atoms with Crippen LogP contribution in [0, 0.1) is 0 Å². The fourth-order valence-electron chi connectivity index (χ4n) is 2.02. The van der Waals surface area contributed by atoms with Gasteiger partial charge in [-0.25, -0.2) is 0 Å². The van der Waals surface area contributed by atoms with Crippen molar-refractivity contribution in [1.82, 2.24) is 10.2 Å². The Bertz CT molecular complexity index is 274. The molecule has 1 atom stereocenters. The van der Waals surface area contributed by atoms with Gasteiger partial charge in [0.25, 0.3) is 0 Å². The van der Waals surface area contributed by atoms with Crippen LogP contribution in [0.3, 0.4) is 0 Å². The summed E-state index contributed by atoms with van der Waals surface area (Å²) in [4.78, 5) is 25.5. The zero-order valence-electron chi connectivity index (χ0n) is 9.96. The molecule has 1 heterocycles. The molecule has 0 aromatic heterocycles. The number of carbonyl (C=O) groups is 2. The second kappa shape index (κ2) is 4.21. The second-order valence-corrected chi connectivity index (χ2v) is 4.46. The maximum absolute atomic E-state index is 12.0. The van der Waals surface area contributed by atoms with Gasteiger partial charge in [0.15, 0.2) is 0 Å². The Balaban J connectivity index is 2.90. The summed E-state index contributed by atoms with van der Waals surface area (Å²) in [5, 5.41) is 2.79. The molecule has 0 radical (unpaired) electrons. The van der Waals surface area contributed by atoms with Crippen LogP contribution in [0.4, 0.5) is 0 Å². The Morgan fingerprint density at radius 2 is 1.93 bits per heavy atom. The highest BCUT2D eigenvalue weighted by molar-refractivity contribution is 5.99. The zero-order chi connectivity index (χ0) is 11.6. The third-order valence-corrected chi connectivity index (χ3v) is 2.99. The summed E-state index contributed by atoms with van der Waals surface area (Å²) in [5.74, 6) is -0.00801. The van der Waals surface area contributed by atoms with Crippen LogP contribution in [0.1, 0.15) is 40.5 Å². The molecular formula is C11H20N2O2. The van der Waals surface area contributed by atoms with Crippen molar-refractivity contribution < 1.29 is 9.59 Å². The monoisotopic (exact) mass is 212 g/mol. The van der Waals surface area contributed by atoms with Gasteiger partial charge < -0.3 is 10.2 Å². The molecule has 0 saturated carbocycles. The quantitative estimate of drug-likeness (QED) is 0.756. The third kappa shape index (κ3) is 1.98. The number of rotatable bonds is 3. The third-order valence-electron chi connectivity index (χ3n) is 2.99. The maximum atomic E-state index is 12.0. The molecule has 1 saturated heterocycles. The van der Waals surface area contributed by atoms with Crippen LogP contribution < -0.4 is 5.32 Å². The van der Waals surface area contributed by atoms with Crippen molar-refractivity contribution in [3.8, 4) is 0 Å². The van der Waals surface area contributed by atoms with E-state index in [1.165, 1.54) is 0 Å².